The maximum atomic E-state index is 12.7. The number of carbonyl (C=O) groups is 2. The maximum Gasteiger partial charge on any atom is 0.339 e. The summed E-state index contributed by atoms with van der Waals surface area (Å²) in [6, 6.07) is 15.9. The van der Waals surface area contributed by atoms with Crippen LogP contribution in [0.2, 0.25) is 5.02 Å². The second-order valence-corrected chi connectivity index (χ2v) is 7.75. The third kappa shape index (κ3) is 4.44. The highest BCUT2D eigenvalue weighted by Crippen LogP contribution is 2.31. The molecule has 7 nitrogen and oxygen atoms in total. The van der Waals surface area contributed by atoms with Crippen molar-refractivity contribution in [1.82, 2.24) is 0 Å². The fraction of sp³-hybridized carbons (Fsp3) is 0.0800. The minimum Gasteiger partial charge on any atom is -0.496 e. The number of carboxylic acid groups (broad SMARTS) is 1. The van der Waals surface area contributed by atoms with E-state index in [4.69, 9.17) is 20.8 Å². The van der Waals surface area contributed by atoms with E-state index in [9.17, 15) is 19.5 Å². The standard InChI is InChI=1S/C25H18ClNO6/c1-13-3-8-21-16(9-13)20(28)12-22(33-21)14-4-6-15(7-5-14)24(29)27-19-11-23(32-2)17(25(30)31)10-18(19)26/h3-12H,1-2H3,(H,27,29)(H,30,31). The second kappa shape index (κ2) is 8.80. The summed E-state index contributed by atoms with van der Waals surface area (Å²) in [7, 11) is 1.33. The zero-order valence-corrected chi connectivity index (χ0v) is 18.4. The average molecular weight is 464 g/mol. The molecule has 0 spiro atoms. The van der Waals surface area contributed by atoms with E-state index in [1.807, 2.05) is 13.0 Å². The third-order valence-electron chi connectivity index (χ3n) is 5.08. The predicted molar refractivity (Wildman–Crippen MR) is 126 cm³/mol. The third-order valence-corrected chi connectivity index (χ3v) is 5.39. The molecule has 0 bridgehead atoms. The van der Waals surface area contributed by atoms with Crippen LogP contribution in [-0.2, 0) is 0 Å². The molecule has 2 N–H and O–H groups in total. The molecule has 1 aromatic heterocycles. The van der Waals surface area contributed by atoms with Crippen molar-refractivity contribution in [1.29, 1.82) is 0 Å². The van der Waals surface area contributed by atoms with Crippen LogP contribution in [0.25, 0.3) is 22.3 Å². The number of methoxy groups -OCH3 is 1. The van der Waals surface area contributed by atoms with Gasteiger partial charge in [0.25, 0.3) is 5.91 Å². The molecule has 0 aliphatic heterocycles. The molecule has 0 fully saturated rings. The van der Waals surface area contributed by atoms with Crippen molar-refractivity contribution < 1.29 is 23.8 Å². The number of rotatable bonds is 5. The summed E-state index contributed by atoms with van der Waals surface area (Å²) >= 11 is 6.14. The van der Waals surface area contributed by atoms with E-state index in [2.05, 4.69) is 5.32 Å². The molecule has 4 aromatic rings. The van der Waals surface area contributed by atoms with Gasteiger partial charge in [0.1, 0.15) is 22.7 Å². The van der Waals surface area contributed by atoms with Crippen LogP contribution in [0, 0.1) is 6.92 Å². The van der Waals surface area contributed by atoms with Crippen LogP contribution in [0.5, 0.6) is 5.75 Å². The van der Waals surface area contributed by atoms with Gasteiger partial charge in [-0.3, -0.25) is 9.59 Å². The van der Waals surface area contributed by atoms with Gasteiger partial charge in [0, 0.05) is 23.3 Å². The summed E-state index contributed by atoms with van der Waals surface area (Å²) in [5, 5.41) is 12.4. The molecule has 1 amide bonds. The zero-order valence-electron chi connectivity index (χ0n) is 17.6. The largest absolute Gasteiger partial charge is 0.496 e. The first kappa shape index (κ1) is 22.1. The highest BCUT2D eigenvalue weighted by atomic mass is 35.5. The monoisotopic (exact) mass is 463 g/mol. The number of amides is 1. The molecule has 0 atom stereocenters. The normalized spacial score (nSPS) is 10.8. The molecule has 4 rings (SSSR count). The molecular formula is C25H18ClNO6. The van der Waals surface area contributed by atoms with Crippen LogP contribution in [0.1, 0.15) is 26.3 Å². The van der Waals surface area contributed by atoms with Gasteiger partial charge in [-0.25, -0.2) is 4.79 Å². The van der Waals surface area contributed by atoms with Crippen molar-refractivity contribution in [3.05, 3.63) is 92.6 Å². The number of aryl methyl sites for hydroxylation is 1. The lowest BCUT2D eigenvalue weighted by molar-refractivity contribution is 0.0693. The molecule has 8 heteroatoms. The molecular weight excluding hydrogens is 446 g/mol. The number of anilines is 1. The van der Waals surface area contributed by atoms with E-state index in [1.165, 1.54) is 25.3 Å². The Kier molecular flexibility index (Phi) is 5.89. The summed E-state index contributed by atoms with van der Waals surface area (Å²) in [6.45, 7) is 1.90. The van der Waals surface area contributed by atoms with Crippen molar-refractivity contribution in [2.45, 2.75) is 6.92 Å². The Bertz CT molecular complexity index is 1460. The van der Waals surface area contributed by atoms with E-state index in [0.29, 0.717) is 27.9 Å². The molecule has 1 heterocycles. The van der Waals surface area contributed by atoms with Gasteiger partial charge in [0.15, 0.2) is 5.43 Å². The quantitative estimate of drug-likeness (QED) is 0.411. The maximum absolute atomic E-state index is 12.7. The summed E-state index contributed by atoms with van der Waals surface area (Å²) < 4.78 is 10.9. The minimum atomic E-state index is -1.20. The van der Waals surface area contributed by atoms with Gasteiger partial charge in [-0.1, -0.05) is 35.4 Å². The molecule has 3 aromatic carbocycles. The van der Waals surface area contributed by atoms with E-state index in [-0.39, 0.29) is 27.5 Å². The van der Waals surface area contributed by atoms with Crippen LogP contribution < -0.4 is 15.5 Å². The number of carboxylic acids is 1. The fourth-order valence-corrected chi connectivity index (χ4v) is 3.59. The van der Waals surface area contributed by atoms with Crippen LogP contribution in [0.3, 0.4) is 0 Å². The van der Waals surface area contributed by atoms with Crippen molar-refractivity contribution in [3.63, 3.8) is 0 Å². The number of aromatic carboxylic acids is 1. The Morgan fingerprint density at radius 2 is 1.76 bits per heavy atom. The predicted octanol–water partition coefficient (Wildman–Crippen LogP) is 5.38. The molecule has 0 radical (unpaired) electrons. The van der Waals surface area contributed by atoms with Crippen LogP contribution in [0.4, 0.5) is 5.69 Å². The van der Waals surface area contributed by atoms with Crippen molar-refractivity contribution in [2.24, 2.45) is 0 Å². The highest BCUT2D eigenvalue weighted by molar-refractivity contribution is 6.34. The molecule has 166 valence electrons. The molecule has 33 heavy (non-hydrogen) atoms. The molecule has 0 unspecified atom stereocenters. The van der Waals surface area contributed by atoms with Crippen molar-refractivity contribution in [2.75, 3.05) is 12.4 Å². The van der Waals surface area contributed by atoms with Gasteiger partial charge < -0.3 is 19.6 Å². The number of ether oxygens (including phenoxy) is 1. The van der Waals surface area contributed by atoms with E-state index < -0.39 is 11.9 Å². The number of hydrogen-bond acceptors (Lipinski definition) is 5. The summed E-state index contributed by atoms with van der Waals surface area (Å²) in [5.41, 5.74) is 2.36. The summed E-state index contributed by atoms with van der Waals surface area (Å²) in [4.78, 5) is 36.5. The van der Waals surface area contributed by atoms with Crippen molar-refractivity contribution in [3.8, 4) is 17.1 Å². The molecule has 0 aliphatic rings. The van der Waals surface area contributed by atoms with E-state index >= 15 is 0 Å². The molecule has 0 aliphatic carbocycles. The lowest BCUT2D eigenvalue weighted by Gasteiger charge is -2.12. The number of nitrogens with one attached hydrogen (secondary N) is 1. The first-order chi connectivity index (χ1) is 15.8. The lowest BCUT2D eigenvalue weighted by atomic mass is 10.1. The lowest BCUT2D eigenvalue weighted by Crippen LogP contribution is -2.13. The molecule has 0 saturated heterocycles. The number of halogens is 1. The van der Waals surface area contributed by atoms with E-state index in [0.717, 1.165) is 5.56 Å². The zero-order chi connectivity index (χ0) is 23.7. The van der Waals surface area contributed by atoms with Gasteiger partial charge in [0.2, 0.25) is 0 Å². The Hall–Kier alpha value is -4.10. The van der Waals surface area contributed by atoms with Gasteiger partial charge >= 0.3 is 5.97 Å². The van der Waals surface area contributed by atoms with Crippen LogP contribution in [0.15, 0.2) is 69.9 Å². The first-order valence-electron chi connectivity index (χ1n) is 9.84. The number of fused-ring (bicyclic) bond motifs is 1. The van der Waals surface area contributed by atoms with E-state index in [1.54, 1.807) is 36.4 Å². The number of hydrogen-bond donors (Lipinski definition) is 2. The summed E-state index contributed by atoms with van der Waals surface area (Å²) in [5.74, 6) is -1.19. The van der Waals surface area contributed by atoms with Gasteiger partial charge in [-0.05, 0) is 37.3 Å². The van der Waals surface area contributed by atoms with Crippen LogP contribution in [-0.4, -0.2) is 24.1 Å². The van der Waals surface area contributed by atoms with Crippen molar-refractivity contribution >= 4 is 40.1 Å². The van der Waals surface area contributed by atoms with Gasteiger partial charge in [-0.15, -0.1) is 0 Å². The SMILES string of the molecule is COc1cc(NC(=O)c2ccc(-c3cc(=O)c4cc(C)ccc4o3)cc2)c(Cl)cc1C(=O)O. The smallest absolute Gasteiger partial charge is 0.339 e. The molecule has 0 saturated carbocycles. The first-order valence-corrected chi connectivity index (χ1v) is 10.2. The Balaban J connectivity index is 1.60. The minimum absolute atomic E-state index is 0.0614. The number of carbonyl (C=O) groups excluding carboxylic acids is 1. The van der Waals surface area contributed by atoms with Crippen LogP contribution >= 0.6 is 11.6 Å². The Labute approximate surface area is 193 Å². The van der Waals surface area contributed by atoms with Gasteiger partial charge in [0.05, 0.1) is 23.2 Å². The Morgan fingerprint density at radius 1 is 1.03 bits per heavy atom. The fourth-order valence-electron chi connectivity index (χ4n) is 3.38. The van der Waals surface area contributed by atoms with Gasteiger partial charge in [-0.2, -0.15) is 0 Å². The highest BCUT2D eigenvalue weighted by Gasteiger charge is 2.17. The topological polar surface area (TPSA) is 106 Å². The second-order valence-electron chi connectivity index (χ2n) is 7.34. The summed E-state index contributed by atoms with van der Waals surface area (Å²) in [6.07, 6.45) is 0. The number of benzene rings is 3. The average Bonchev–Trinajstić information content (AvgIpc) is 2.80. The Morgan fingerprint density at radius 3 is 2.42 bits per heavy atom.